The Morgan fingerprint density at radius 3 is 2.33 bits per heavy atom. The first-order valence-electron chi connectivity index (χ1n) is 5.26. The molecule has 1 nitrogen and oxygen atoms in total. The topological polar surface area (TPSA) is 9.23 Å². The molecule has 2 aliphatic rings. The molecule has 0 aromatic carbocycles. The molecule has 0 heterocycles. The van der Waals surface area contributed by atoms with Crippen molar-refractivity contribution in [1.29, 1.82) is 0 Å². The first kappa shape index (κ1) is 11.5. The molecule has 2 atom stereocenters. The highest BCUT2D eigenvalue weighted by Crippen LogP contribution is 2.57. The normalized spacial score (nSPS) is 34.4. The predicted octanol–water partition coefficient (Wildman–Crippen LogP) is 3.51. The molecule has 88 valence electrons. The van der Waals surface area contributed by atoms with E-state index in [2.05, 4.69) is 0 Å². The lowest BCUT2D eigenvalue weighted by atomic mass is 9.64. The van der Waals surface area contributed by atoms with Crippen molar-refractivity contribution < 1.29 is 17.9 Å². The van der Waals surface area contributed by atoms with Gasteiger partial charge in [-0.05, 0) is 19.3 Å². The van der Waals surface area contributed by atoms with E-state index in [-0.39, 0.29) is 16.9 Å². The van der Waals surface area contributed by atoms with E-state index in [0.29, 0.717) is 6.42 Å². The van der Waals surface area contributed by atoms with Crippen LogP contribution in [0.4, 0.5) is 13.2 Å². The molecule has 15 heavy (non-hydrogen) atoms. The van der Waals surface area contributed by atoms with E-state index in [9.17, 15) is 13.2 Å². The second kappa shape index (κ2) is 3.81. The number of halogens is 4. The Balaban J connectivity index is 1.89. The van der Waals surface area contributed by atoms with Gasteiger partial charge in [-0.15, -0.1) is 11.6 Å². The van der Waals surface area contributed by atoms with Crippen LogP contribution in [0.5, 0.6) is 0 Å². The Morgan fingerprint density at radius 1 is 1.27 bits per heavy atom. The molecule has 2 rings (SSSR count). The summed E-state index contributed by atoms with van der Waals surface area (Å²) in [5, 5.41) is 0.0123. The Hall–Kier alpha value is 0.0400. The van der Waals surface area contributed by atoms with Crippen molar-refractivity contribution in [1.82, 2.24) is 0 Å². The number of ether oxygens (including phenoxy) is 1. The van der Waals surface area contributed by atoms with Gasteiger partial charge in [-0.1, -0.05) is 12.8 Å². The van der Waals surface area contributed by atoms with Gasteiger partial charge in [0.15, 0.2) is 0 Å². The molecular formula is C10H14ClF3O. The van der Waals surface area contributed by atoms with E-state index < -0.39 is 12.8 Å². The second-order valence-electron chi connectivity index (χ2n) is 4.56. The van der Waals surface area contributed by atoms with Crippen LogP contribution in [0.1, 0.15) is 32.1 Å². The van der Waals surface area contributed by atoms with Crippen molar-refractivity contribution >= 4 is 11.6 Å². The molecule has 2 aliphatic carbocycles. The molecule has 5 heteroatoms. The first-order valence-corrected chi connectivity index (χ1v) is 5.70. The van der Waals surface area contributed by atoms with Gasteiger partial charge in [0.1, 0.15) is 6.61 Å². The minimum atomic E-state index is -4.23. The van der Waals surface area contributed by atoms with Crippen molar-refractivity contribution in [2.45, 2.75) is 49.8 Å². The minimum Gasteiger partial charge on any atom is -0.368 e. The van der Waals surface area contributed by atoms with E-state index in [4.69, 9.17) is 16.3 Å². The van der Waals surface area contributed by atoms with Crippen LogP contribution < -0.4 is 0 Å². The van der Waals surface area contributed by atoms with E-state index >= 15 is 0 Å². The Morgan fingerprint density at radius 2 is 1.87 bits per heavy atom. The lowest BCUT2D eigenvalue weighted by Gasteiger charge is -2.51. The van der Waals surface area contributed by atoms with Gasteiger partial charge in [0.05, 0.1) is 6.10 Å². The highest BCUT2D eigenvalue weighted by Gasteiger charge is 2.56. The number of alkyl halides is 4. The molecule has 2 unspecified atom stereocenters. The smallest absolute Gasteiger partial charge is 0.368 e. The lowest BCUT2D eigenvalue weighted by molar-refractivity contribution is -0.214. The summed E-state index contributed by atoms with van der Waals surface area (Å²) in [5.41, 5.74) is -0.146. The average molecular weight is 243 g/mol. The third-order valence-corrected chi connectivity index (χ3v) is 4.28. The van der Waals surface area contributed by atoms with Crippen molar-refractivity contribution in [3.8, 4) is 0 Å². The molecule has 0 N–H and O–H groups in total. The van der Waals surface area contributed by atoms with Crippen LogP contribution in [0.25, 0.3) is 0 Å². The first-order chi connectivity index (χ1) is 6.94. The van der Waals surface area contributed by atoms with Crippen molar-refractivity contribution in [2.24, 2.45) is 5.41 Å². The summed E-state index contributed by atoms with van der Waals surface area (Å²) in [5.74, 6) is 0. The maximum absolute atomic E-state index is 12.0. The number of hydrogen-bond donors (Lipinski definition) is 0. The van der Waals surface area contributed by atoms with Crippen LogP contribution in [0, 0.1) is 5.41 Å². The molecule has 2 saturated carbocycles. The quantitative estimate of drug-likeness (QED) is 0.674. The van der Waals surface area contributed by atoms with Gasteiger partial charge in [0.25, 0.3) is 0 Å². The molecule has 0 amide bonds. The molecular weight excluding hydrogens is 229 g/mol. The van der Waals surface area contributed by atoms with Gasteiger partial charge in [-0.3, -0.25) is 0 Å². The molecule has 0 aliphatic heterocycles. The largest absolute Gasteiger partial charge is 0.411 e. The van der Waals surface area contributed by atoms with E-state index in [1.54, 1.807) is 0 Å². The zero-order valence-corrected chi connectivity index (χ0v) is 9.07. The SMILES string of the molecule is FC(F)(F)COC1CC(Cl)C12CCCC2. The zero-order valence-electron chi connectivity index (χ0n) is 8.32. The van der Waals surface area contributed by atoms with Crippen LogP contribution >= 0.6 is 11.6 Å². The maximum Gasteiger partial charge on any atom is 0.411 e. The van der Waals surface area contributed by atoms with Gasteiger partial charge in [0, 0.05) is 10.8 Å². The molecule has 0 radical (unpaired) electrons. The third kappa shape index (κ3) is 2.11. The van der Waals surface area contributed by atoms with Crippen molar-refractivity contribution in [3.05, 3.63) is 0 Å². The van der Waals surface area contributed by atoms with E-state index in [0.717, 1.165) is 25.7 Å². The Labute approximate surface area is 91.9 Å². The van der Waals surface area contributed by atoms with Gasteiger partial charge in [-0.25, -0.2) is 0 Å². The summed E-state index contributed by atoms with van der Waals surface area (Å²) in [6.07, 6.45) is 0.0380. The molecule has 0 saturated heterocycles. The van der Waals surface area contributed by atoms with Crippen LogP contribution in [0.2, 0.25) is 0 Å². The fourth-order valence-corrected chi connectivity index (χ4v) is 3.32. The molecule has 0 bridgehead atoms. The van der Waals surface area contributed by atoms with Gasteiger partial charge in [0.2, 0.25) is 0 Å². The van der Waals surface area contributed by atoms with Gasteiger partial charge >= 0.3 is 6.18 Å². The summed E-state index contributed by atoms with van der Waals surface area (Å²) in [6, 6.07) is 0. The zero-order chi connectivity index (χ0) is 11.1. The molecule has 0 aromatic heterocycles. The number of hydrogen-bond acceptors (Lipinski definition) is 1. The van der Waals surface area contributed by atoms with Gasteiger partial charge < -0.3 is 4.74 Å². The van der Waals surface area contributed by atoms with E-state index in [1.165, 1.54) is 0 Å². The monoisotopic (exact) mass is 242 g/mol. The number of rotatable bonds is 2. The summed E-state index contributed by atoms with van der Waals surface area (Å²) in [4.78, 5) is 0. The Bertz CT molecular complexity index is 235. The summed E-state index contributed by atoms with van der Waals surface area (Å²) < 4.78 is 40.9. The maximum atomic E-state index is 12.0. The van der Waals surface area contributed by atoms with Crippen molar-refractivity contribution in [2.75, 3.05) is 6.61 Å². The summed E-state index contributed by atoms with van der Waals surface area (Å²) in [7, 11) is 0. The minimum absolute atomic E-state index is 0.0123. The van der Waals surface area contributed by atoms with Gasteiger partial charge in [-0.2, -0.15) is 13.2 Å². The molecule has 1 spiro atoms. The standard InChI is InChI=1S/C10H14ClF3O/c11-7-5-8(15-6-10(12,13)14)9(7)3-1-2-4-9/h7-8H,1-6H2. The van der Waals surface area contributed by atoms with Crippen LogP contribution in [0.15, 0.2) is 0 Å². The fraction of sp³-hybridized carbons (Fsp3) is 1.00. The Kier molecular flexibility index (Phi) is 2.93. The highest BCUT2D eigenvalue weighted by atomic mass is 35.5. The van der Waals surface area contributed by atoms with Crippen molar-refractivity contribution in [3.63, 3.8) is 0 Å². The third-order valence-electron chi connectivity index (χ3n) is 3.67. The summed E-state index contributed by atoms with van der Waals surface area (Å²) >= 11 is 6.10. The average Bonchev–Trinajstić information content (AvgIpc) is 2.61. The highest BCUT2D eigenvalue weighted by molar-refractivity contribution is 6.21. The lowest BCUT2D eigenvalue weighted by Crippen LogP contribution is -2.54. The van der Waals surface area contributed by atoms with Crippen LogP contribution in [-0.4, -0.2) is 24.3 Å². The van der Waals surface area contributed by atoms with Crippen LogP contribution in [-0.2, 0) is 4.74 Å². The summed E-state index contributed by atoms with van der Waals surface area (Å²) in [6.45, 7) is -1.14. The molecule has 0 aromatic rings. The van der Waals surface area contributed by atoms with Crippen LogP contribution in [0.3, 0.4) is 0 Å². The predicted molar refractivity (Wildman–Crippen MR) is 51.0 cm³/mol. The fourth-order valence-electron chi connectivity index (χ4n) is 2.80. The van der Waals surface area contributed by atoms with E-state index in [1.807, 2.05) is 0 Å². The second-order valence-corrected chi connectivity index (χ2v) is 5.09. The molecule has 2 fully saturated rings.